The summed E-state index contributed by atoms with van der Waals surface area (Å²) in [4.78, 5) is 24.2. The maximum absolute atomic E-state index is 12.3. The number of hydrazone groups is 1. The van der Waals surface area contributed by atoms with Crippen molar-refractivity contribution in [3.63, 3.8) is 0 Å². The molecule has 2 aromatic carbocycles. The van der Waals surface area contributed by atoms with Crippen molar-refractivity contribution in [1.82, 2.24) is 5.01 Å². The van der Waals surface area contributed by atoms with E-state index in [9.17, 15) is 9.59 Å². The average Bonchev–Trinajstić information content (AvgIpc) is 2.98. The fourth-order valence-electron chi connectivity index (χ4n) is 2.77. The number of hydrogen-bond donors (Lipinski definition) is 0. The van der Waals surface area contributed by atoms with Gasteiger partial charge in [-0.05, 0) is 25.1 Å². The molecule has 0 radical (unpaired) electrons. The van der Waals surface area contributed by atoms with Gasteiger partial charge in [-0.1, -0.05) is 36.4 Å². The standard InChI is InChI=1S/C19H18N2O3/c1-13-12-17(21(20-13)14(2)22)16-10-6-7-11-18(16)24-19(23)15-8-4-3-5-9-15/h3-11,17H,12H2,1-2H3. The zero-order chi connectivity index (χ0) is 17.1. The van der Waals surface area contributed by atoms with Crippen molar-refractivity contribution in [2.24, 2.45) is 5.10 Å². The topological polar surface area (TPSA) is 59.0 Å². The summed E-state index contributed by atoms with van der Waals surface area (Å²) < 4.78 is 5.58. The monoisotopic (exact) mass is 322 g/mol. The van der Waals surface area contributed by atoms with E-state index < -0.39 is 5.97 Å². The first-order valence-electron chi connectivity index (χ1n) is 7.76. The summed E-state index contributed by atoms with van der Waals surface area (Å²) in [5.74, 6) is -0.110. The predicted octanol–water partition coefficient (Wildman–Crippen LogP) is 3.58. The zero-order valence-corrected chi connectivity index (χ0v) is 13.6. The Labute approximate surface area is 140 Å². The largest absolute Gasteiger partial charge is 0.423 e. The number of rotatable bonds is 3. The molecule has 1 aliphatic rings. The fraction of sp³-hybridized carbons (Fsp3) is 0.211. The van der Waals surface area contributed by atoms with Gasteiger partial charge in [-0.2, -0.15) is 5.10 Å². The molecular formula is C19H18N2O3. The number of amides is 1. The van der Waals surface area contributed by atoms with Crippen molar-refractivity contribution in [2.75, 3.05) is 0 Å². The zero-order valence-electron chi connectivity index (χ0n) is 13.6. The summed E-state index contributed by atoms with van der Waals surface area (Å²) in [7, 11) is 0. The maximum atomic E-state index is 12.3. The maximum Gasteiger partial charge on any atom is 0.343 e. The van der Waals surface area contributed by atoms with Crippen LogP contribution in [0.4, 0.5) is 0 Å². The van der Waals surface area contributed by atoms with Gasteiger partial charge in [0.25, 0.3) is 0 Å². The van der Waals surface area contributed by atoms with Crippen molar-refractivity contribution >= 4 is 17.6 Å². The van der Waals surface area contributed by atoms with Gasteiger partial charge < -0.3 is 4.74 Å². The summed E-state index contributed by atoms with van der Waals surface area (Å²) in [6.07, 6.45) is 0.624. The molecule has 1 atom stereocenters. The Morgan fingerprint density at radius 1 is 1.08 bits per heavy atom. The van der Waals surface area contributed by atoms with Gasteiger partial charge in [0.2, 0.25) is 5.91 Å². The molecule has 0 saturated heterocycles. The van der Waals surface area contributed by atoms with Crippen LogP contribution in [-0.4, -0.2) is 22.6 Å². The molecule has 0 spiro atoms. The summed E-state index contributed by atoms with van der Waals surface area (Å²) >= 11 is 0. The Bertz CT molecular complexity index is 799. The first kappa shape index (κ1) is 15.9. The number of nitrogens with zero attached hydrogens (tertiary/aromatic N) is 2. The number of ether oxygens (including phenoxy) is 1. The van der Waals surface area contributed by atoms with Gasteiger partial charge in [0.05, 0.1) is 11.6 Å². The van der Waals surface area contributed by atoms with Gasteiger partial charge in [-0.15, -0.1) is 0 Å². The molecule has 1 aliphatic heterocycles. The van der Waals surface area contributed by atoms with Crippen LogP contribution in [0.1, 0.15) is 42.2 Å². The minimum atomic E-state index is -0.423. The second kappa shape index (κ2) is 6.66. The Morgan fingerprint density at radius 2 is 1.75 bits per heavy atom. The molecule has 24 heavy (non-hydrogen) atoms. The fourth-order valence-corrected chi connectivity index (χ4v) is 2.77. The van der Waals surface area contributed by atoms with Crippen LogP contribution in [0.5, 0.6) is 5.75 Å². The van der Waals surface area contributed by atoms with Crippen molar-refractivity contribution in [1.29, 1.82) is 0 Å². The average molecular weight is 322 g/mol. The lowest BCUT2D eigenvalue weighted by molar-refractivity contribution is -0.130. The van der Waals surface area contributed by atoms with Crippen LogP contribution in [0.2, 0.25) is 0 Å². The van der Waals surface area contributed by atoms with E-state index in [-0.39, 0.29) is 11.9 Å². The highest BCUT2D eigenvalue weighted by Gasteiger charge is 2.31. The summed E-state index contributed by atoms with van der Waals surface area (Å²) in [5, 5.41) is 5.73. The molecule has 122 valence electrons. The molecule has 0 N–H and O–H groups in total. The summed E-state index contributed by atoms with van der Waals surface area (Å²) in [6, 6.07) is 15.8. The number of carbonyl (C=O) groups is 2. The number of carbonyl (C=O) groups excluding carboxylic acids is 2. The van der Waals surface area contributed by atoms with Gasteiger partial charge >= 0.3 is 5.97 Å². The van der Waals surface area contributed by atoms with E-state index in [1.54, 1.807) is 36.4 Å². The molecule has 1 heterocycles. The predicted molar refractivity (Wildman–Crippen MR) is 90.8 cm³/mol. The van der Waals surface area contributed by atoms with E-state index in [1.165, 1.54) is 11.9 Å². The van der Waals surface area contributed by atoms with Crippen molar-refractivity contribution < 1.29 is 14.3 Å². The molecule has 0 saturated carbocycles. The number of hydrogen-bond acceptors (Lipinski definition) is 4. The van der Waals surface area contributed by atoms with Crippen LogP contribution in [0.25, 0.3) is 0 Å². The molecule has 0 bridgehead atoms. The van der Waals surface area contributed by atoms with Gasteiger partial charge in [-0.3, -0.25) is 4.79 Å². The minimum Gasteiger partial charge on any atom is -0.423 e. The van der Waals surface area contributed by atoms with E-state index in [2.05, 4.69) is 5.10 Å². The molecule has 0 aliphatic carbocycles. The molecule has 1 unspecified atom stereocenters. The highest BCUT2D eigenvalue weighted by Crippen LogP contribution is 2.36. The lowest BCUT2D eigenvalue weighted by Crippen LogP contribution is -2.25. The number of para-hydroxylation sites is 1. The molecule has 3 rings (SSSR count). The van der Waals surface area contributed by atoms with Crippen molar-refractivity contribution in [3.05, 3.63) is 65.7 Å². The van der Waals surface area contributed by atoms with Crippen LogP contribution in [0, 0.1) is 0 Å². The Kier molecular flexibility index (Phi) is 4.42. The molecule has 1 amide bonds. The van der Waals surface area contributed by atoms with Crippen LogP contribution >= 0.6 is 0 Å². The molecule has 5 nitrogen and oxygen atoms in total. The Morgan fingerprint density at radius 3 is 2.46 bits per heavy atom. The van der Waals surface area contributed by atoms with Gasteiger partial charge in [0.15, 0.2) is 0 Å². The molecular weight excluding hydrogens is 304 g/mol. The minimum absolute atomic E-state index is 0.138. The quantitative estimate of drug-likeness (QED) is 0.641. The molecule has 5 heteroatoms. The summed E-state index contributed by atoms with van der Waals surface area (Å²) in [6.45, 7) is 3.36. The summed E-state index contributed by atoms with van der Waals surface area (Å²) in [5.41, 5.74) is 2.13. The third kappa shape index (κ3) is 3.20. The van der Waals surface area contributed by atoms with Crippen molar-refractivity contribution in [3.8, 4) is 5.75 Å². The highest BCUT2D eigenvalue weighted by molar-refractivity contribution is 5.91. The van der Waals surface area contributed by atoms with E-state index in [0.29, 0.717) is 17.7 Å². The van der Waals surface area contributed by atoms with E-state index in [1.807, 2.05) is 25.1 Å². The van der Waals surface area contributed by atoms with Gasteiger partial charge in [-0.25, -0.2) is 9.80 Å². The highest BCUT2D eigenvalue weighted by atomic mass is 16.5. The van der Waals surface area contributed by atoms with Crippen LogP contribution in [0.15, 0.2) is 59.7 Å². The number of benzene rings is 2. The lowest BCUT2D eigenvalue weighted by atomic mass is 10.0. The molecule has 0 fully saturated rings. The smallest absolute Gasteiger partial charge is 0.343 e. The van der Waals surface area contributed by atoms with E-state index >= 15 is 0 Å². The lowest BCUT2D eigenvalue weighted by Gasteiger charge is -2.22. The SMILES string of the molecule is CC(=O)N1N=C(C)CC1c1ccccc1OC(=O)c1ccccc1. The number of esters is 1. The second-order valence-electron chi connectivity index (χ2n) is 5.71. The Hall–Kier alpha value is -2.95. The third-order valence-electron chi connectivity index (χ3n) is 3.88. The Balaban J connectivity index is 1.89. The van der Waals surface area contributed by atoms with E-state index in [4.69, 9.17) is 4.74 Å². The first-order valence-corrected chi connectivity index (χ1v) is 7.76. The van der Waals surface area contributed by atoms with Crippen LogP contribution in [-0.2, 0) is 4.79 Å². The normalized spacial score (nSPS) is 16.7. The second-order valence-corrected chi connectivity index (χ2v) is 5.71. The molecule has 2 aromatic rings. The van der Waals surface area contributed by atoms with Gasteiger partial charge in [0.1, 0.15) is 5.75 Å². The van der Waals surface area contributed by atoms with Gasteiger partial charge in [0, 0.05) is 24.6 Å². The van der Waals surface area contributed by atoms with E-state index in [0.717, 1.165) is 11.3 Å². The molecule has 0 aromatic heterocycles. The third-order valence-corrected chi connectivity index (χ3v) is 3.88. The first-order chi connectivity index (χ1) is 11.6. The van der Waals surface area contributed by atoms with Crippen LogP contribution < -0.4 is 4.74 Å². The van der Waals surface area contributed by atoms with Crippen LogP contribution in [0.3, 0.4) is 0 Å². The van der Waals surface area contributed by atoms with Crippen molar-refractivity contribution in [2.45, 2.75) is 26.3 Å².